The molecule has 0 saturated carbocycles. The smallest absolute Gasteiger partial charge is 0.0640 e. The van der Waals surface area contributed by atoms with Gasteiger partial charge in [0.25, 0.3) is 0 Å². The van der Waals surface area contributed by atoms with E-state index >= 15 is 0 Å². The first-order valence-electron chi connectivity index (χ1n) is 5.62. The van der Waals surface area contributed by atoms with E-state index in [4.69, 9.17) is 10.6 Å². The maximum Gasteiger partial charge on any atom is 0.0640 e. The molecule has 92 valence electrons. The van der Waals surface area contributed by atoms with Gasteiger partial charge in [0.15, 0.2) is 0 Å². The molecule has 0 spiro atoms. The third-order valence-corrected chi connectivity index (χ3v) is 3.05. The molecule has 1 heterocycles. The van der Waals surface area contributed by atoms with Gasteiger partial charge < -0.3 is 4.74 Å². The minimum atomic E-state index is -0.0997. The molecule has 1 unspecified atom stereocenters. The van der Waals surface area contributed by atoms with E-state index in [-0.39, 0.29) is 11.6 Å². The number of rotatable bonds is 6. The predicted molar refractivity (Wildman–Crippen MR) is 69.5 cm³/mol. The number of hydrazine groups is 1. The van der Waals surface area contributed by atoms with E-state index < -0.39 is 0 Å². The van der Waals surface area contributed by atoms with Gasteiger partial charge in [0.1, 0.15) is 0 Å². The molecule has 0 amide bonds. The highest BCUT2D eigenvalue weighted by atomic mass is 32.1. The molecule has 0 radical (unpaired) electrons. The van der Waals surface area contributed by atoms with E-state index in [9.17, 15) is 0 Å². The Hall–Kier alpha value is -0.420. The van der Waals surface area contributed by atoms with Gasteiger partial charge in [0.2, 0.25) is 0 Å². The van der Waals surface area contributed by atoms with Crippen molar-refractivity contribution in [1.29, 1.82) is 0 Å². The molecular formula is C12H22N2OS. The molecule has 0 aliphatic carbocycles. The van der Waals surface area contributed by atoms with E-state index in [1.807, 2.05) is 0 Å². The van der Waals surface area contributed by atoms with Gasteiger partial charge >= 0.3 is 0 Å². The summed E-state index contributed by atoms with van der Waals surface area (Å²) in [6.45, 7) is 6.82. The molecule has 1 rings (SSSR count). The summed E-state index contributed by atoms with van der Waals surface area (Å²) < 4.78 is 5.71. The van der Waals surface area contributed by atoms with Crippen LogP contribution in [0.25, 0.3) is 0 Å². The van der Waals surface area contributed by atoms with Crippen LogP contribution in [0, 0.1) is 0 Å². The normalized spacial score (nSPS) is 14.0. The van der Waals surface area contributed by atoms with Gasteiger partial charge in [0.05, 0.1) is 12.2 Å². The summed E-state index contributed by atoms with van der Waals surface area (Å²) in [5, 5.41) is 4.28. The Morgan fingerprint density at radius 1 is 1.50 bits per heavy atom. The molecule has 0 aliphatic heterocycles. The van der Waals surface area contributed by atoms with Crippen molar-refractivity contribution in [2.75, 3.05) is 6.61 Å². The van der Waals surface area contributed by atoms with Gasteiger partial charge in [-0.2, -0.15) is 11.3 Å². The highest BCUT2D eigenvalue weighted by Crippen LogP contribution is 2.12. The summed E-state index contributed by atoms with van der Waals surface area (Å²) >= 11 is 1.73. The summed E-state index contributed by atoms with van der Waals surface area (Å²) in [5.74, 6) is 5.51. The summed E-state index contributed by atoms with van der Waals surface area (Å²) in [4.78, 5) is 0. The second-order valence-corrected chi connectivity index (χ2v) is 5.74. The molecule has 0 bridgehead atoms. The zero-order chi connectivity index (χ0) is 12.0. The monoisotopic (exact) mass is 242 g/mol. The average molecular weight is 242 g/mol. The topological polar surface area (TPSA) is 47.3 Å². The van der Waals surface area contributed by atoms with Crippen LogP contribution in [0.15, 0.2) is 16.8 Å². The van der Waals surface area contributed by atoms with Crippen molar-refractivity contribution in [2.45, 2.75) is 45.3 Å². The Kier molecular flexibility index (Phi) is 5.41. The number of nitrogens with two attached hydrogens (primary N) is 1. The van der Waals surface area contributed by atoms with Crippen molar-refractivity contribution >= 4 is 11.3 Å². The molecule has 0 saturated heterocycles. The molecule has 4 heteroatoms. The highest BCUT2D eigenvalue weighted by Gasteiger charge is 2.14. The van der Waals surface area contributed by atoms with Crippen molar-refractivity contribution in [3.8, 4) is 0 Å². The third kappa shape index (κ3) is 5.61. The summed E-state index contributed by atoms with van der Waals surface area (Å²) in [7, 11) is 0. The van der Waals surface area contributed by atoms with Gasteiger partial charge in [-0.25, -0.2) is 0 Å². The first-order valence-corrected chi connectivity index (χ1v) is 6.57. The van der Waals surface area contributed by atoms with Gasteiger partial charge in [0, 0.05) is 6.04 Å². The number of aryl methyl sites for hydroxylation is 1. The lowest BCUT2D eigenvalue weighted by atomic mass is 10.1. The maximum atomic E-state index is 5.71. The van der Waals surface area contributed by atoms with Crippen LogP contribution in [-0.2, 0) is 11.2 Å². The Balaban J connectivity index is 2.27. The van der Waals surface area contributed by atoms with Crippen LogP contribution in [0.3, 0.4) is 0 Å². The highest BCUT2D eigenvalue weighted by molar-refractivity contribution is 7.07. The maximum absolute atomic E-state index is 5.71. The number of nitrogens with one attached hydrogen (secondary N) is 1. The minimum Gasteiger partial charge on any atom is -0.374 e. The van der Waals surface area contributed by atoms with Crippen molar-refractivity contribution in [2.24, 2.45) is 5.84 Å². The molecular weight excluding hydrogens is 220 g/mol. The fourth-order valence-electron chi connectivity index (χ4n) is 1.34. The number of thiophene rings is 1. The van der Waals surface area contributed by atoms with E-state index in [1.54, 1.807) is 11.3 Å². The Bertz CT molecular complexity index is 280. The van der Waals surface area contributed by atoms with Crippen LogP contribution in [0.1, 0.15) is 32.8 Å². The molecule has 0 aliphatic rings. The zero-order valence-electron chi connectivity index (χ0n) is 10.3. The Morgan fingerprint density at radius 2 is 2.25 bits per heavy atom. The molecule has 0 fully saturated rings. The first kappa shape index (κ1) is 13.6. The van der Waals surface area contributed by atoms with Crippen molar-refractivity contribution in [3.05, 3.63) is 22.4 Å². The van der Waals surface area contributed by atoms with Gasteiger partial charge in [-0.1, -0.05) is 0 Å². The van der Waals surface area contributed by atoms with Crippen LogP contribution >= 0.6 is 11.3 Å². The molecule has 16 heavy (non-hydrogen) atoms. The van der Waals surface area contributed by atoms with Crippen molar-refractivity contribution in [1.82, 2.24) is 5.43 Å². The lowest BCUT2D eigenvalue weighted by Crippen LogP contribution is -2.41. The number of hydrogen-bond acceptors (Lipinski definition) is 4. The number of ether oxygens (including phenoxy) is 1. The minimum absolute atomic E-state index is 0.0997. The zero-order valence-corrected chi connectivity index (χ0v) is 11.1. The van der Waals surface area contributed by atoms with Gasteiger partial charge in [-0.15, -0.1) is 0 Å². The van der Waals surface area contributed by atoms with Crippen molar-refractivity contribution < 1.29 is 4.74 Å². The second-order valence-electron chi connectivity index (χ2n) is 4.96. The standard InChI is InChI=1S/C12H22N2OS/c1-12(2,3)15-8-11(14-13)5-4-10-6-7-16-9-10/h6-7,9,11,14H,4-5,8,13H2,1-3H3. The van der Waals surface area contributed by atoms with Crippen LogP contribution < -0.4 is 11.3 Å². The summed E-state index contributed by atoms with van der Waals surface area (Å²) in [6.07, 6.45) is 2.05. The lowest BCUT2D eigenvalue weighted by Gasteiger charge is -2.24. The SMILES string of the molecule is CC(C)(C)OCC(CCc1ccsc1)NN. The fourth-order valence-corrected chi connectivity index (χ4v) is 2.04. The number of hydrogen-bond donors (Lipinski definition) is 2. The van der Waals surface area contributed by atoms with Gasteiger partial charge in [-0.05, 0) is 56.0 Å². The molecule has 0 aromatic carbocycles. The molecule has 3 nitrogen and oxygen atoms in total. The predicted octanol–water partition coefficient (Wildman–Crippen LogP) is 2.33. The Morgan fingerprint density at radius 3 is 2.75 bits per heavy atom. The van der Waals surface area contributed by atoms with E-state index in [1.165, 1.54) is 5.56 Å². The van der Waals surface area contributed by atoms with Crippen LogP contribution in [0.2, 0.25) is 0 Å². The summed E-state index contributed by atoms with van der Waals surface area (Å²) in [5.41, 5.74) is 4.09. The van der Waals surface area contributed by atoms with E-state index in [0.29, 0.717) is 6.61 Å². The molecule has 1 aromatic rings. The Labute approximate surface area is 102 Å². The van der Waals surface area contributed by atoms with Gasteiger partial charge in [-0.3, -0.25) is 11.3 Å². The lowest BCUT2D eigenvalue weighted by molar-refractivity contribution is -0.0153. The van der Waals surface area contributed by atoms with E-state index in [2.05, 4.69) is 43.0 Å². The van der Waals surface area contributed by atoms with Crippen molar-refractivity contribution in [3.63, 3.8) is 0 Å². The fraction of sp³-hybridized carbons (Fsp3) is 0.667. The van der Waals surface area contributed by atoms with Crippen LogP contribution in [0.4, 0.5) is 0 Å². The molecule has 1 aromatic heterocycles. The summed E-state index contributed by atoms with van der Waals surface area (Å²) in [6, 6.07) is 2.38. The first-order chi connectivity index (χ1) is 7.51. The second kappa shape index (κ2) is 6.35. The third-order valence-electron chi connectivity index (χ3n) is 2.31. The molecule has 3 N–H and O–H groups in total. The largest absolute Gasteiger partial charge is 0.374 e. The van der Waals surface area contributed by atoms with Crippen LogP contribution in [0.5, 0.6) is 0 Å². The quantitative estimate of drug-likeness (QED) is 0.594. The van der Waals surface area contributed by atoms with Crippen LogP contribution in [-0.4, -0.2) is 18.2 Å². The molecule has 1 atom stereocenters. The average Bonchev–Trinajstić information content (AvgIpc) is 2.69. The van der Waals surface area contributed by atoms with E-state index in [0.717, 1.165) is 12.8 Å².